The van der Waals surface area contributed by atoms with E-state index >= 15 is 0 Å². The summed E-state index contributed by atoms with van der Waals surface area (Å²) in [4.78, 5) is 28.4. The van der Waals surface area contributed by atoms with Crippen molar-refractivity contribution in [2.75, 3.05) is 46.0 Å². The van der Waals surface area contributed by atoms with Gasteiger partial charge >= 0.3 is 6.09 Å². The standard InChI is InChI=1S/C18H22N2O5/c1-2-23-18(22)20-7-5-19(6-8-20)17(21)15-13-4-10-24-14(13)11-12-3-9-25-16(12)15/h11H,2-10H2,1H3. The van der Waals surface area contributed by atoms with E-state index in [-0.39, 0.29) is 12.0 Å². The third-order valence-corrected chi connectivity index (χ3v) is 4.96. The fraction of sp³-hybridized carbons (Fsp3) is 0.556. The van der Waals surface area contributed by atoms with Gasteiger partial charge in [-0.1, -0.05) is 0 Å². The number of carbonyl (C=O) groups is 2. The van der Waals surface area contributed by atoms with Crippen LogP contribution in [0, 0.1) is 0 Å². The molecule has 7 heteroatoms. The molecule has 0 radical (unpaired) electrons. The van der Waals surface area contributed by atoms with Crippen LogP contribution < -0.4 is 9.47 Å². The first kappa shape index (κ1) is 16.1. The second-order valence-electron chi connectivity index (χ2n) is 6.39. The molecule has 1 saturated heterocycles. The summed E-state index contributed by atoms with van der Waals surface area (Å²) in [7, 11) is 0. The average molecular weight is 346 g/mol. The SMILES string of the molecule is CCOC(=O)N1CCN(C(=O)c2c3c(cc4c2OCC4)OCC3)CC1. The molecule has 0 N–H and O–H groups in total. The number of amides is 2. The number of fused-ring (bicyclic) bond motifs is 2. The van der Waals surface area contributed by atoms with Crippen molar-refractivity contribution >= 4 is 12.0 Å². The first-order chi connectivity index (χ1) is 12.2. The van der Waals surface area contributed by atoms with Crippen LogP contribution in [0.1, 0.15) is 28.4 Å². The molecule has 0 bridgehead atoms. The molecular weight excluding hydrogens is 324 g/mol. The normalized spacial score (nSPS) is 18.3. The quantitative estimate of drug-likeness (QED) is 0.811. The molecule has 0 spiro atoms. The van der Waals surface area contributed by atoms with E-state index in [9.17, 15) is 9.59 Å². The zero-order chi connectivity index (χ0) is 17.4. The van der Waals surface area contributed by atoms with Crippen molar-refractivity contribution in [2.24, 2.45) is 0 Å². The predicted octanol–water partition coefficient (Wildman–Crippen LogP) is 1.47. The van der Waals surface area contributed by atoms with Crippen molar-refractivity contribution in [3.05, 3.63) is 22.8 Å². The molecule has 3 aliphatic rings. The molecule has 0 atom stereocenters. The average Bonchev–Trinajstić information content (AvgIpc) is 3.28. The number of piperazine rings is 1. The van der Waals surface area contributed by atoms with Crippen molar-refractivity contribution in [2.45, 2.75) is 19.8 Å². The minimum Gasteiger partial charge on any atom is -0.493 e. The first-order valence-corrected chi connectivity index (χ1v) is 8.84. The zero-order valence-corrected chi connectivity index (χ0v) is 14.4. The minimum absolute atomic E-state index is 0.0241. The Morgan fingerprint density at radius 2 is 1.80 bits per heavy atom. The lowest BCUT2D eigenvalue weighted by Crippen LogP contribution is -2.50. The lowest BCUT2D eigenvalue weighted by molar-refractivity contribution is 0.0567. The van der Waals surface area contributed by atoms with E-state index in [2.05, 4.69) is 0 Å². The summed E-state index contributed by atoms with van der Waals surface area (Å²) in [5, 5.41) is 0. The molecule has 3 aliphatic heterocycles. The summed E-state index contributed by atoms with van der Waals surface area (Å²) in [6.45, 7) is 5.32. The second kappa shape index (κ2) is 6.46. The van der Waals surface area contributed by atoms with Gasteiger partial charge in [0.15, 0.2) is 0 Å². The van der Waals surface area contributed by atoms with Crippen LogP contribution in [0.15, 0.2) is 6.07 Å². The second-order valence-corrected chi connectivity index (χ2v) is 6.39. The molecular formula is C18H22N2O5. The van der Waals surface area contributed by atoms with Crippen molar-refractivity contribution in [3.8, 4) is 11.5 Å². The van der Waals surface area contributed by atoms with Crippen LogP contribution in [-0.4, -0.2) is 67.8 Å². The molecule has 3 heterocycles. The van der Waals surface area contributed by atoms with Crippen molar-refractivity contribution in [1.82, 2.24) is 9.80 Å². The molecule has 2 amide bonds. The fourth-order valence-electron chi connectivity index (χ4n) is 3.68. The maximum Gasteiger partial charge on any atom is 0.409 e. The largest absolute Gasteiger partial charge is 0.493 e. The van der Waals surface area contributed by atoms with E-state index in [1.54, 1.807) is 16.7 Å². The summed E-state index contributed by atoms with van der Waals surface area (Å²) < 4.78 is 16.5. The van der Waals surface area contributed by atoms with E-state index < -0.39 is 0 Å². The zero-order valence-electron chi connectivity index (χ0n) is 14.4. The Morgan fingerprint density at radius 1 is 1.08 bits per heavy atom. The Balaban J connectivity index is 1.54. The number of ether oxygens (including phenoxy) is 3. The van der Waals surface area contributed by atoms with Gasteiger partial charge in [0.1, 0.15) is 11.5 Å². The van der Waals surface area contributed by atoms with E-state index in [0.29, 0.717) is 51.6 Å². The Bertz CT molecular complexity index is 678. The molecule has 1 aromatic carbocycles. The van der Waals surface area contributed by atoms with E-state index in [1.807, 2.05) is 6.07 Å². The van der Waals surface area contributed by atoms with Gasteiger partial charge in [-0.15, -0.1) is 0 Å². The third kappa shape index (κ3) is 2.77. The Labute approximate surface area is 146 Å². The number of carbonyl (C=O) groups excluding carboxylic acids is 2. The van der Waals surface area contributed by atoms with Gasteiger partial charge in [-0.05, 0) is 13.0 Å². The van der Waals surface area contributed by atoms with E-state index in [0.717, 1.165) is 35.5 Å². The lowest BCUT2D eigenvalue weighted by atomic mass is 9.98. The van der Waals surface area contributed by atoms with Gasteiger partial charge in [0, 0.05) is 50.1 Å². The molecule has 1 fully saturated rings. The van der Waals surface area contributed by atoms with Gasteiger partial charge in [0.25, 0.3) is 5.91 Å². The molecule has 0 aliphatic carbocycles. The first-order valence-electron chi connectivity index (χ1n) is 8.84. The highest BCUT2D eigenvalue weighted by molar-refractivity contribution is 6.00. The van der Waals surface area contributed by atoms with Crippen LogP contribution in [0.3, 0.4) is 0 Å². The minimum atomic E-state index is -0.312. The van der Waals surface area contributed by atoms with Gasteiger partial charge in [-0.25, -0.2) is 4.79 Å². The molecule has 0 saturated carbocycles. The fourth-order valence-corrected chi connectivity index (χ4v) is 3.68. The Morgan fingerprint density at radius 3 is 2.56 bits per heavy atom. The number of rotatable bonds is 2. The molecule has 4 rings (SSSR count). The van der Waals surface area contributed by atoms with Gasteiger partial charge < -0.3 is 24.0 Å². The Hall–Kier alpha value is -2.44. The number of hydrogen-bond donors (Lipinski definition) is 0. The molecule has 7 nitrogen and oxygen atoms in total. The van der Waals surface area contributed by atoms with Gasteiger partial charge in [0.2, 0.25) is 0 Å². The monoisotopic (exact) mass is 346 g/mol. The highest BCUT2D eigenvalue weighted by Gasteiger charge is 2.34. The van der Waals surface area contributed by atoms with Gasteiger partial charge in [-0.2, -0.15) is 0 Å². The van der Waals surface area contributed by atoms with Crippen molar-refractivity contribution in [1.29, 1.82) is 0 Å². The molecule has 1 aromatic rings. The molecule has 134 valence electrons. The van der Waals surface area contributed by atoms with Gasteiger partial charge in [-0.3, -0.25) is 4.79 Å². The maximum absolute atomic E-state index is 13.2. The highest BCUT2D eigenvalue weighted by Crippen LogP contribution is 2.41. The predicted molar refractivity (Wildman–Crippen MR) is 89.3 cm³/mol. The van der Waals surface area contributed by atoms with Gasteiger partial charge in [0.05, 0.1) is 25.4 Å². The lowest BCUT2D eigenvalue weighted by Gasteiger charge is -2.34. The summed E-state index contributed by atoms with van der Waals surface area (Å²) in [6, 6.07) is 2.01. The summed E-state index contributed by atoms with van der Waals surface area (Å²) in [5.74, 6) is 1.52. The van der Waals surface area contributed by atoms with Crippen molar-refractivity contribution < 1.29 is 23.8 Å². The van der Waals surface area contributed by atoms with Crippen LogP contribution in [0.4, 0.5) is 4.79 Å². The molecule has 0 unspecified atom stereocenters. The van der Waals surface area contributed by atoms with E-state index in [1.165, 1.54) is 0 Å². The summed E-state index contributed by atoms with van der Waals surface area (Å²) in [5.41, 5.74) is 2.67. The summed E-state index contributed by atoms with van der Waals surface area (Å²) >= 11 is 0. The van der Waals surface area contributed by atoms with Crippen LogP contribution in [-0.2, 0) is 17.6 Å². The summed E-state index contributed by atoms with van der Waals surface area (Å²) in [6.07, 6.45) is 1.23. The van der Waals surface area contributed by atoms with Crippen LogP contribution in [0.2, 0.25) is 0 Å². The smallest absolute Gasteiger partial charge is 0.409 e. The number of benzene rings is 1. The topological polar surface area (TPSA) is 68.3 Å². The highest BCUT2D eigenvalue weighted by atomic mass is 16.6. The van der Waals surface area contributed by atoms with Crippen LogP contribution >= 0.6 is 0 Å². The maximum atomic E-state index is 13.2. The molecule has 0 aromatic heterocycles. The van der Waals surface area contributed by atoms with E-state index in [4.69, 9.17) is 14.2 Å². The number of hydrogen-bond acceptors (Lipinski definition) is 5. The third-order valence-electron chi connectivity index (χ3n) is 4.96. The molecule has 25 heavy (non-hydrogen) atoms. The Kier molecular flexibility index (Phi) is 4.15. The van der Waals surface area contributed by atoms with Crippen molar-refractivity contribution in [3.63, 3.8) is 0 Å². The van der Waals surface area contributed by atoms with Crippen LogP contribution in [0.5, 0.6) is 11.5 Å². The number of nitrogens with zero attached hydrogens (tertiary/aromatic N) is 2. The van der Waals surface area contributed by atoms with Crippen LogP contribution in [0.25, 0.3) is 0 Å².